The summed E-state index contributed by atoms with van der Waals surface area (Å²) in [5.41, 5.74) is 1.44. The Morgan fingerprint density at radius 3 is 1.89 bits per heavy atom. The topological polar surface area (TPSA) is 9.23 Å². The zero-order chi connectivity index (χ0) is 20.6. The van der Waals surface area contributed by atoms with Crippen LogP contribution in [-0.2, 0) is 4.43 Å². The molecule has 2 rings (SSSR count). The first-order valence-corrected chi connectivity index (χ1v) is 12.3. The zero-order valence-electron chi connectivity index (χ0n) is 18.2. The molecule has 0 heterocycles. The second-order valence-corrected chi connectivity index (χ2v) is 12.9. The van der Waals surface area contributed by atoms with Crippen LogP contribution in [0, 0.1) is 5.92 Å². The first kappa shape index (κ1) is 22.4. The van der Waals surface area contributed by atoms with Crippen LogP contribution < -0.4 is 10.4 Å². The van der Waals surface area contributed by atoms with Crippen LogP contribution in [0.2, 0.25) is 5.04 Å². The van der Waals surface area contributed by atoms with Gasteiger partial charge in [-0.15, -0.1) is 6.58 Å². The summed E-state index contributed by atoms with van der Waals surface area (Å²) in [7, 11) is -2.44. The molecule has 0 radical (unpaired) electrons. The van der Waals surface area contributed by atoms with Crippen molar-refractivity contribution in [3.05, 3.63) is 85.0 Å². The van der Waals surface area contributed by atoms with E-state index in [-0.39, 0.29) is 5.04 Å². The van der Waals surface area contributed by atoms with Crippen LogP contribution in [0.4, 0.5) is 0 Å². The van der Waals surface area contributed by atoms with Crippen molar-refractivity contribution in [3.8, 4) is 0 Å². The van der Waals surface area contributed by atoms with Crippen molar-refractivity contribution >= 4 is 18.7 Å². The van der Waals surface area contributed by atoms with E-state index in [9.17, 15) is 0 Å². The van der Waals surface area contributed by atoms with Crippen LogP contribution >= 0.6 is 0 Å². The van der Waals surface area contributed by atoms with Gasteiger partial charge in [0.1, 0.15) is 0 Å². The Labute approximate surface area is 173 Å². The van der Waals surface area contributed by atoms with Crippen molar-refractivity contribution in [2.24, 2.45) is 5.92 Å². The highest BCUT2D eigenvalue weighted by Crippen LogP contribution is 2.37. The smallest absolute Gasteiger partial charge is 0.261 e. The van der Waals surface area contributed by atoms with Crippen molar-refractivity contribution in [1.82, 2.24) is 0 Å². The van der Waals surface area contributed by atoms with Crippen molar-refractivity contribution in [2.45, 2.75) is 52.5 Å². The third-order valence-corrected chi connectivity index (χ3v) is 10.4. The average Bonchev–Trinajstić information content (AvgIpc) is 2.68. The lowest BCUT2D eigenvalue weighted by atomic mass is 10.0. The van der Waals surface area contributed by atoms with E-state index in [4.69, 9.17) is 4.43 Å². The molecule has 0 aliphatic heterocycles. The molecule has 0 saturated carbocycles. The first-order chi connectivity index (χ1) is 13.3. The Morgan fingerprint density at radius 2 is 1.50 bits per heavy atom. The lowest BCUT2D eigenvalue weighted by molar-refractivity contribution is 0.267. The Bertz CT molecular complexity index is 717. The summed E-state index contributed by atoms with van der Waals surface area (Å²) < 4.78 is 7.02. The quantitative estimate of drug-likeness (QED) is 0.369. The number of benzene rings is 2. The van der Waals surface area contributed by atoms with Crippen LogP contribution in [0.3, 0.4) is 0 Å². The summed E-state index contributed by atoms with van der Waals surface area (Å²) in [6.45, 7) is 16.1. The highest BCUT2D eigenvalue weighted by Gasteiger charge is 2.50. The van der Waals surface area contributed by atoms with E-state index < -0.39 is 8.32 Å². The van der Waals surface area contributed by atoms with Crippen molar-refractivity contribution in [2.75, 3.05) is 6.61 Å². The third kappa shape index (κ3) is 5.12. The van der Waals surface area contributed by atoms with Crippen LogP contribution in [0.5, 0.6) is 0 Å². The van der Waals surface area contributed by atoms with Gasteiger partial charge >= 0.3 is 0 Å². The van der Waals surface area contributed by atoms with Gasteiger partial charge in [0.05, 0.1) is 0 Å². The highest BCUT2D eigenvalue weighted by molar-refractivity contribution is 6.99. The van der Waals surface area contributed by atoms with Crippen molar-refractivity contribution in [3.63, 3.8) is 0 Å². The number of hydrogen-bond acceptors (Lipinski definition) is 1. The van der Waals surface area contributed by atoms with E-state index in [1.165, 1.54) is 15.9 Å². The molecule has 0 saturated heterocycles. The molecule has 150 valence electrons. The van der Waals surface area contributed by atoms with Crippen LogP contribution in [0.15, 0.2) is 85.0 Å². The summed E-state index contributed by atoms with van der Waals surface area (Å²) >= 11 is 0. The van der Waals surface area contributed by atoms with E-state index in [0.717, 1.165) is 19.4 Å². The Kier molecular flexibility index (Phi) is 8.03. The molecule has 0 bridgehead atoms. The molecule has 28 heavy (non-hydrogen) atoms. The standard InChI is InChI=1S/C26H36OSi/c1-7-15-23(8-2)20-22(3)21-27-28(26(4,5)6,24-16-11-9-12-17-24)25-18-13-10-14-19-25/h7,9-14,16-20,22H,1,8,15,21H2,2-6H3/b23-20-/t22-/m0/s1. The molecule has 0 aliphatic carbocycles. The van der Waals surface area contributed by atoms with E-state index in [1.54, 1.807) is 0 Å². The molecule has 0 fully saturated rings. The Hall–Kier alpha value is -1.90. The van der Waals surface area contributed by atoms with E-state index in [1.807, 2.05) is 6.08 Å². The molecule has 2 aromatic rings. The van der Waals surface area contributed by atoms with Gasteiger partial charge in [0, 0.05) is 6.61 Å². The molecule has 0 spiro atoms. The monoisotopic (exact) mass is 392 g/mol. The predicted molar refractivity (Wildman–Crippen MR) is 126 cm³/mol. The van der Waals surface area contributed by atoms with Gasteiger partial charge in [-0.05, 0) is 34.2 Å². The molecular formula is C26H36OSi. The second-order valence-electron chi connectivity index (χ2n) is 8.62. The zero-order valence-corrected chi connectivity index (χ0v) is 19.2. The molecule has 1 nitrogen and oxygen atoms in total. The largest absolute Gasteiger partial charge is 0.407 e. The van der Waals surface area contributed by atoms with Crippen molar-refractivity contribution in [1.29, 1.82) is 0 Å². The number of rotatable bonds is 9. The lowest BCUT2D eigenvalue weighted by Gasteiger charge is -2.43. The minimum atomic E-state index is -2.44. The molecule has 0 amide bonds. The maximum absolute atomic E-state index is 7.02. The van der Waals surface area contributed by atoms with Crippen molar-refractivity contribution < 1.29 is 4.43 Å². The molecule has 2 heteroatoms. The van der Waals surface area contributed by atoms with E-state index in [0.29, 0.717) is 5.92 Å². The number of allylic oxidation sites excluding steroid dienone is 2. The molecule has 2 aromatic carbocycles. The first-order valence-electron chi connectivity index (χ1n) is 10.4. The maximum Gasteiger partial charge on any atom is 0.261 e. The summed E-state index contributed by atoms with van der Waals surface area (Å²) in [6, 6.07) is 21.7. The molecule has 1 atom stereocenters. The fraction of sp³-hybridized carbons (Fsp3) is 0.385. The molecular weight excluding hydrogens is 356 g/mol. The summed E-state index contributed by atoms with van der Waals surface area (Å²) in [5.74, 6) is 0.372. The summed E-state index contributed by atoms with van der Waals surface area (Å²) in [5, 5.41) is 2.70. The van der Waals surface area contributed by atoms with E-state index >= 15 is 0 Å². The van der Waals surface area contributed by atoms with Crippen LogP contribution in [-0.4, -0.2) is 14.9 Å². The van der Waals surface area contributed by atoms with Gasteiger partial charge in [-0.1, -0.05) is 113 Å². The highest BCUT2D eigenvalue weighted by atomic mass is 28.4. The average molecular weight is 393 g/mol. The maximum atomic E-state index is 7.02. The van der Waals surface area contributed by atoms with E-state index in [2.05, 4.69) is 108 Å². The molecule has 0 aliphatic rings. The number of hydrogen-bond donors (Lipinski definition) is 0. The lowest BCUT2D eigenvalue weighted by Crippen LogP contribution is -2.66. The van der Waals surface area contributed by atoms with Crippen LogP contribution in [0.1, 0.15) is 47.5 Å². The summed E-state index contributed by atoms with van der Waals surface area (Å²) in [4.78, 5) is 0. The van der Waals surface area contributed by atoms with Gasteiger partial charge in [-0.25, -0.2) is 0 Å². The van der Waals surface area contributed by atoms with Crippen LogP contribution in [0.25, 0.3) is 0 Å². The van der Waals surface area contributed by atoms with Gasteiger partial charge in [0.2, 0.25) is 0 Å². The predicted octanol–water partition coefficient (Wildman–Crippen LogP) is 6.11. The normalized spacial score (nSPS) is 14.0. The fourth-order valence-corrected chi connectivity index (χ4v) is 8.65. The van der Waals surface area contributed by atoms with Gasteiger partial charge in [-0.2, -0.15) is 0 Å². The Balaban J connectivity index is 2.46. The van der Waals surface area contributed by atoms with Gasteiger partial charge in [0.25, 0.3) is 8.32 Å². The molecule has 0 N–H and O–H groups in total. The second kappa shape index (κ2) is 10.0. The summed E-state index contributed by atoms with van der Waals surface area (Å²) in [6.07, 6.45) is 6.39. The minimum absolute atomic E-state index is 0.0217. The van der Waals surface area contributed by atoms with Gasteiger partial charge < -0.3 is 4.43 Å². The molecule has 0 unspecified atom stereocenters. The van der Waals surface area contributed by atoms with Gasteiger partial charge in [-0.3, -0.25) is 0 Å². The van der Waals surface area contributed by atoms with Gasteiger partial charge in [0.15, 0.2) is 0 Å². The third-order valence-electron chi connectivity index (χ3n) is 5.36. The minimum Gasteiger partial charge on any atom is -0.407 e. The fourth-order valence-electron chi connectivity index (χ4n) is 3.98. The Morgan fingerprint density at radius 1 is 1.00 bits per heavy atom. The SMILES string of the molecule is C=CC/C(=C\[C@H](C)CO[Si](c1ccccc1)(c1ccccc1)C(C)(C)C)CC. The molecule has 0 aromatic heterocycles.